The highest BCUT2D eigenvalue weighted by Gasteiger charge is 2.09. The molecule has 1 amide bonds. The van der Waals surface area contributed by atoms with E-state index in [1.54, 1.807) is 12.3 Å². The van der Waals surface area contributed by atoms with Crippen LogP contribution in [0.1, 0.15) is 21.5 Å². The van der Waals surface area contributed by atoms with Crippen LogP contribution in [0.4, 0.5) is 0 Å². The quantitative estimate of drug-likeness (QED) is 0.792. The highest BCUT2D eigenvalue weighted by Crippen LogP contribution is 2.01. The maximum absolute atomic E-state index is 11.2. The van der Waals surface area contributed by atoms with Crippen molar-refractivity contribution in [3.63, 3.8) is 0 Å². The Kier molecular flexibility index (Phi) is 3.19. The number of nitrogens with two attached hydrogens (primary N) is 1. The zero-order chi connectivity index (χ0) is 12.3. The van der Waals surface area contributed by atoms with E-state index in [1.807, 2.05) is 35.9 Å². The molecule has 3 heteroatoms. The van der Waals surface area contributed by atoms with E-state index in [-0.39, 0.29) is 0 Å². The van der Waals surface area contributed by atoms with Gasteiger partial charge in [-0.15, -0.1) is 0 Å². The summed E-state index contributed by atoms with van der Waals surface area (Å²) in [7, 11) is 0. The third kappa shape index (κ3) is 2.91. The molecule has 0 unspecified atom stereocenters. The maximum atomic E-state index is 11.2. The first-order valence-corrected chi connectivity index (χ1v) is 5.49. The Labute approximate surface area is 101 Å². The molecule has 2 N–H and O–H groups in total. The fourth-order valence-electron chi connectivity index (χ4n) is 1.82. The van der Waals surface area contributed by atoms with Crippen LogP contribution in [0.5, 0.6) is 0 Å². The van der Waals surface area contributed by atoms with Gasteiger partial charge < -0.3 is 5.73 Å². The van der Waals surface area contributed by atoms with E-state index in [9.17, 15) is 4.79 Å². The normalized spacial score (nSPS) is 10.2. The van der Waals surface area contributed by atoms with E-state index in [2.05, 4.69) is 12.1 Å². The summed E-state index contributed by atoms with van der Waals surface area (Å²) < 4.78 is 1.98. The van der Waals surface area contributed by atoms with E-state index < -0.39 is 5.91 Å². The van der Waals surface area contributed by atoms with E-state index in [0.29, 0.717) is 5.56 Å². The summed E-state index contributed by atoms with van der Waals surface area (Å²) in [5.41, 5.74) is 8.05. The molecule has 3 nitrogen and oxygen atoms in total. The minimum absolute atomic E-state index is 0.393. The van der Waals surface area contributed by atoms with E-state index >= 15 is 0 Å². The number of pyridine rings is 1. The second kappa shape index (κ2) is 4.78. The summed E-state index contributed by atoms with van der Waals surface area (Å²) >= 11 is 0. The molecule has 0 radical (unpaired) electrons. The Morgan fingerprint density at radius 2 is 1.94 bits per heavy atom. The highest BCUT2D eigenvalue weighted by molar-refractivity contribution is 5.92. The lowest BCUT2D eigenvalue weighted by atomic mass is 10.2. The topological polar surface area (TPSA) is 47.0 Å². The molecule has 0 spiro atoms. The number of nitrogens with zero attached hydrogens (tertiary/aromatic N) is 1. The lowest BCUT2D eigenvalue weighted by Gasteiger charge is -2.01. The Hall–Kier alpha value is -2.16. The number of carbonyl (C=O) groups is 1. The van der Waals surface area contributed by atoms with Gasteiger partial charge >= 0.3 is 0 Å². The molecule has 86 valence electrons. The maximum Gasteiger partial charge on any atom is 0.254 e. The van der Waals surface area contributed by atoms with E-state index in [1.165, 1.54) is 5.56 Å². The van der Waals surface area contributed by atoms with Crippen LogP contribution < -0.4 is 10.3 Å². The fourth-order valence-corrected chi connectivity index (χ4v) is 1.82. The largest absolute Gasteiger partial charge is 0.365 e. The average Bonchev–Trinajstić information content (AvgIpc) is 2.29. The molecule has 17 heavy (non-hydrogen) atoms. The fraction of sp³-hybridized carbons (Fsp3) is 0.143. The molecule has 2 aromatic rings. The molecule has 0 fully saturated rings. The van der Waals surface area contributed by atoms with Gasteiger partial charge in [0.1, 0.15) is 5.56 Å². The molecule has 2 rings (SSSR count). The molecule has 0 atom stereocenters. The standard InChI is InChI=1S/C14H14N2O/c1-11-7-13(14(15)17)10-16(8-11)9-12-5-3-2-4-6-12/h2-8,10H,9H2,1H3,(H-,15,17)/p+1. The molecule has 1 heterocycles. The predicted octanol–water partition coefficient (Wildman–Crippen LogP) is 1.43. The molecule has 0 bridgehead atoms. The number of aromatic nitrogens is 1. The van der Waals surface area contributed by atoms with Crippen molar-refractivity contribution in [2.24, 2.45) is 5.73 Å². The lowest BCUT2D eigenvalue weighted by molar-refractivity contribution is -0.688. The molecule has 0 saturated heterocycles. The monoisotopic (exact) mass is 227 g/mol. The first-order valence-electron chi connectivity index (χ1n) is 5.49. The zero-order valence-electron chi connectivity index (χ0n) is 9.76. The summed E-state index contributed by atoms with van der Waals surface area (Å²) in [6, 6.07) is 11.9. The molecular weight excluding hydrogens is 212 g/mol. The number of primary amides is 1. The van der Waals surface area contributed by atoms with Crippen LogP contribution in [-0.4, -0.2) is 5.91 Å². The van der Waals surface area contributed by atoms with Crippen LogP contribution in [-0.2, 0) is 6.54 Å². The van der Waals surface area contributed by atoms with Gasteiger partial charge in [-0.25, -0.2) is 0 Å². The number of amides is 1. The van der Waals surface area contributed by atoms with Crippen LogP contribution in [0.2, 0.25) is 0 Å². The van der Waals surface area contributed by atoms with Gasteiger partial charge in [-0.3, -0.25) is 4.79 Å². The molecular formula is C14H15N2O+. The number of hydrogen-bond donors (Lipinski definition) is 1. The smallest absolute Gasteiger partial charge is 0.254 e. The summed E-state index contributed by atoms with van der Waals surface area (Å²) in [6.45, 7) is 2.69. The summed E-state index contributed by atoms with van der Waals surface area (Å²) in [6.07, 6.45) is 3.78. The number of aryl methyl sites for hydroxylation is 1. The Bertz CT molecular complexity index is 535. The van der Waals surface area contributed by atoms with Crippen molar-refractivity contribution in [3.8, 4) is 0 Å². The predicted molar refractivity (Wildman–Crippen MR) is 65.4 cm³/mol. The van der Waals surface area contributed by atoms with Gasteiger partial charge in [0, 0.05) is 11.1 Å². The van der Waals surface area contributed by atoms with Crippen molar-refractivity contribution >= 4 is 5.91 Å². The second-order valence-corrected chi connectivity index (χ2v) is 4.12. The van der Waals surface area contributed by atoms with Gasteiger partial charge in [-0.05, 0) is 13.0 Å². The first kappa shape index (κ1) is 11.3. The van der Waals surface area contributed by atoms with Crippen LogP contribution in [0.25, 0.3) is 0 Å². The summed E-state index contributed by atoms with van der Waals surface area (Å²) in [5, 5.41) is 0. The molecule has 0 aliphatic carbocycles. The SMILES string of the molecule is Cc1cc(C(N)=O)c[n+](Cc2ccccc2)c1. The van der Waals surface area contributed by atoms with Crippen LogP contribution in [0.3, 0.4) is 0 Å². The van der Waals surface area contributed by atoms with Gasteiger partial charge in [0.2, 0.25) is 0 Å². The highest BCUT2D eigenvalue weighted by atomic mass is 16.1. The first-order chi connectivity index (χ1) is 8.15. The third-order valence-corrected chi connectivity index (χ3v) is 2.55. The molecule has 0 aliphatic heterocycles. The van der Waals surface area contributed by atoms with E-state index in [4.69, 9.17) is 5.73 Å². The Morgan fingerprint density at radius 3 is 2.59 bits per heavy atom. The number of carbonyl (C=O) groups excluding carboxylic acids is 1. The Balaban J connectivity index is 2.30. The lowest BCUT2D eigenvalue weighted by Crippen LogP contribution is -2.35. The van der Waals surface area contributed by atoms with Crippen molar-refractivity contribution in [1.29, 1.82) is 0 Å². The van der Waals surface area contributed by atoms with Crippen molar-refractivity contribution < 1.29 is 9.36 Å². The molecule has 0 saturated carbocycles. The second-order valence-electron chi connectivity index (χ2n) is 4.12. The minimum Gasteiger partial charge on any atom is -0.365 e. The summed E-state index contributed by atoms with van der Waals surface area (Å²) in [5.74, 6) is -0.393. The van der Waals surface area contributed by atoms with Gasteiger partial charge in [0.15, 0.2) is 18.9 Å². The van der Waals surface area contributed by atoms with Crippen LogP contribution in [0, 0.1) is 6.92 Å². The van der Waals surface area contributed by atoms with Crippen LogP contribution in [0.15, 0.2) is 48.8 Å². The van der Waals surface area contributed by atoms with Gasteiger partial charge in [0.25, 0.3) is 5.91 Å². The Morgan fingerprint density at radius 1 is 1.24 bits per heavy atom. The number of benzene rings is 1. The number of hydrogen-bond acceptors (Lipinski definition) is 1. The molecule has 1 aromatic carbocycles. The number of rotatable bonds is 3. The van der Waals surface area contributed by atoms with Gasteiger partial charge in [-0.1, -0.05) is 30.3 Å². The van der Waals surface area contributed by atoms with E-state index in [0.717, 1.165) is 12.1 Å². The van der Waals surface area contributed by atoms with Gasteiger partial charge in [0.05, 0.1) is 0 Å². The third-order valence-electron chi connectivity index (χ3n) is 2.55. The van der Waals surface area contributed by atoms with Crippen molar-refractivity contribution in [1.82, 2.24) is 0 Å². The summed E-state index contributed by atoms with van der Waals surface area (Å²) in [4.78, 5) is 11.2. The molecule has 1 aromatic heterocycles. The van der Waals surface area contributed by atoms with Crippen molar-refractivity contribution in [3.05, 3.63) is 65.5 Å². The minimum atomic E-state index is -0.393. The van der Waals surface area contributed by atoms with Gasteiger partial charge in [-0.2, -0.15) is 4.57 Å². The average molecular weight is 227 g/mol. The zero-order valence-corrected chi connectivity index (χ0v) is 9.76. The van der Waals surface area contributed by atoms with Crippen molar-refractivity contribution in [2.45, 2.75) is 13.5 Å². The van der Waals surface area contributed by atoms with Crippen molar-refractivity contribution in [2.75, 3.05) is 0 Å². The molecule has 0 aliphatic rings. The van der Waals surface area contributed by atoms with Crippen LogP contribution >= 0.6 is 0 Å².